The zero-order valence-corrected chi connectivity index (χ0v) is 54.1. The van der Waals surface area contributed by atoms with E-state index < -0.39 is 67.4 Å². The summed E-state index contributed by atoms with van der Waals surface area (Å²) in [6, 6.07) is -1.02. The second-order valence-corrected chi connectivity index (χ2v) is 24.6. The third-order valence-electron chi connectivity index (χ3n) is 16.7. The first-order chi connectivity index (χ1) is 40.7. The second kappa shape index (κ2) is 59.9. The molecule has 1 aliphatic heterocycles. The molecular formula is C72H133NO10. The monoisotopic (exact) mass is 1170 g/mol. The van der Waals surface area contributed by atoms with Gasteiger partial charge >= 0.3 is 5.97 Å². The number of nitrogens with one attached hydrogen (secondary N) is 1. The molecule has 0 aliphatic carbocycles. The molecule has 0 radical (unpaired) electrons. The van der Waals surface area contributed by atoms with Crippen LogP contribution in [-0.4, -0.2) is 99.6 Å². The minimum absolute atomic E-state index is 0.122. The molecule has 0 aromatic rings. The Kier molecular flexibility index (Phi) is 56.8. The fourth-order valence-corrected chi connectivity index (χ4v) is 11.1. The largest absolute Gasteiger partial charge is 0.454 e. The number of carbonyl (C=O) groups is 2. The summed E-state index contributed by atoms with van der Waals surface area (Å²) < 4.78 is 17.7. The average molecular weight is 1170 g/mol. The van der Waals surface area contributed by atoms with Crippen LogP contribution in [0, 0.1) is 0 Å². The molecule has 1 rings (SSSR count). The standard InChI is InChI=1S/C72H133NO10/c1-4-7-10-13-16-19-22-25-27-29-31-33-35-37-39-42-45-48-51-54-57-60-67(77)83-70-69(79)68(78)66(61-74)82-72(70)81-62-63(64(75)58-55-52-49-46-43-40-24-21-18-15-12-9-6-3)73-71(80)65(76)59-56-53-50-47-44-41-38-36-34-32-30-28-26-23-20-17-14-11-8-5-2/h16,19,25-28,55,58,63-66,68-70,72,74-76,78-79H,4-15,17-18,20-24,29-54,56-57,59-62H2,1-3H3,(H,73,80)/b19-16-,27-25-,28-26+,58-55+. The topological polar surface area (TPSA) is 175 Å². The van der Waals surface area contributed by atoms with Gasteiger partial charge in [0, 0.05) is 6.42 Å². The van der Waals surface area contributed by atoms with Crippen molar-refractivity contribution in [3.05, 3.63) is 48.6 Å². The van der Waals surface area contributed by atoms with Crippen molar-refractivity contribution in [2.45, 2.75) is 384 Å². The van der Waals surface area contributed by atoms with E-state index in [1.54, 1.807) is 6.08 Å². The smallest absolute Gasteiger partial charge is 0.306 e. The normalized spacial score (nSPS) is 18.8. The van der Waals surface area contributed by atoms with Crippen LogP contribution in [-0.2, 0) is 23.8 Å². The van der Waals surface area contributed by atoms with Gasteiger partial charge in [-0.3, -0.25) is 9.59 Å². The van der Waals surface area contributed by atoms with Crippen LogP contribution in [0.1, 0.15) is 335 Å². The highest BCUT2D eigenvalue weighted by atomic mass is 16.7. The molecule has 1 saturated heterocycles. The molecule has 11 heteroatoms. The van der Waals surface area contributed by atoms with Gasteiger partial charge in [0.25, 0.3) is 0 Å². The summed E-state index contributed by atoms with van der Waals surface area (Å²) in [6.45, 7) is 5.81. The van der Waals surface area contributed by atoms with Crippen molar-refractivity contribution in [2.24, 2.45) is 0 Å². The molecule has 486 valence electrons. The van der Waals surface area contributed by atoms with Gasteiger partial charge < -0.3 is 45.1 Å². The summed E-state index contributed by atoms with van der Waals surface area (Å²) in [5, 5.41) is 57.3. The van der Waals surface area contributed by atoms with Gasteiger partial charge in [0.05, 0.1) is 25.4 Å². The summed E-state index contributed by atoms with van der Waals surface area (Å²) in [5.74, 6) is -1.19. The number of carbonyl (C=O) groups excluding carboxylic acids is 2. The Hall–Kier alpha value is -2.38. The van der Waals surface area contributed by atoms with E-state index in [-0.39, 0.29) is 13.0 Å². The number of amides is 1. The lowest BCUT2D eigenvalue weighted by Gasteiger charge is -2.41. The van der Waals surface area contributed by atoms with Crippen LogP contribution in [0.25, 0.3) is 0 Å². The first-order valence-corrected chi connectivity index (χ1v) is 35.4. The molecule has 1 amide bonds. The Labute approximate surface area is 510 Å². The number of allylic oxidation sites excluding steroid dienone is 7. The summed E-state index contributed by atoms with van der Waals surface area (Å²) in [5.41, 5.74) is 0. The van der Waals surface area contributed by atoms with E-state index >= 15 is 0 Å². The third-order valence-corrected chi connectivity index (χ3v) is 16.7. The maximum absolute atomic E-state index is 13.5. The average Bonchev–Trinajstić information content (AvgIpc) is 3.58. The van der Waals surface area contributed by atoms with Crippen LogP contribution in [0.2, 0.25) is 0 Å². The number of ether oxygens (including phenoxy) is 3. The lowest BCUT2D eigenvalue weighted by Crippen LogP contribution is -2.61. The molecule has 0 aromatic heterocycles. The Morgan fingerprint density at radius 2 is 0.831 bits per heavy atom. The zero-order chi connectivity index (χ0) is 60.3. The highest BCUT2D eigenvalue weighted by Gasteiger charge is 2.47. The van der Waals surface area contributed by atoms with E-state index in [1.807, 2.05) is 6.08 Å². The summed E-state index contributed by atoms with van der Waals surface area (Å²) in [6.07, 6.45) is 64.3. The van der Waals surface area contributed by atoms with E-state index in [9.17, 15) is 35.1 Å². The van der Waals surface area contributed by atoms with Crippen molar-refractivity contribution in [2.75, 3.05) is 13.2 Å². The summed E-state index contributed by atoms with van der Waals surface area (Å²) in [7, 11) is 0. The molecule has 11 nitrogen and oxygen atoms in total. The maximum atomic E-state index is 13.5. The minimum atomic E-state index is -1.61. The lowest BCUT2D eigenvalue weighted by atomic mass is 9.99. The molecule has 0 bridgehead atoms. The third kappa shape index (κ3) is 47.4. The van der Waals surface area contributed by atoms with Gasteiger partial charge in [-0.25, -0.2) is 0 Å². The second-order valence-electron chi connectivity index (χ2n) is 24.6. The molecule has 83 heavy (non-hydrogen) atoms. The van der Waals surface area contributed by atoms with Crippen molar-refractivity contribution in [1.29, 1.82) is 0 Å². The van der Waals surface area contributed by atoms with Gasteiger partial charge in [-0.1, -0.05) is 294 Å². The highest BCUT2D eigenvalue weighted by molar-refractivity contribution is 5.80. The van der Waals surface area contributed by atoms with Crippen LogP contribution < -0.4 is 5.32 Å². The predicted octanol–water partition coefficient (Wildman–Crippen LogP) is 18.0. The summed E-state index contributed by atoms with van der Waals surface area (Å²) in [4.78, 5) is 26.7. The molecule has 0 saturated carbocycles. The first kappa shape index (κ1) is 78.6. The van der Waals surface area contributed by atoms with Crippen LogP contribution in [0.5, 0.6) is 0 Å². The number of esters is 1. The lowest BCUT2D eigenvalue weighted by molar-refractivity contribution is -0.305. The fraction of sp³-hybridized carbons (Fsp3) is 0.861. The van der Waals surface area contributed by atoms with Gasteiger partial charge in [0.15, 0.2) is 12.4 Å². The molecule has 1 heterocycles. The van der Waals surface area contributed by atoms with E-state index in [4.69, 9.17) is 14.2 Å². The van der Waals surface area contributed by atoms with Gasteiger partial charge in [-0.2, -0.15) is 0 Å². The van der Waals surface area contributed by atoms with Gasteiger partial charge in [0.2, 0.25) is 5.91 Å². The molecule has 0 aromatic carbocycles. The Morgan fingerprint density at radius 3 is 1.27 bits per heavy atom. The molecule has 8 unspecified atom stereocenters. The van der Waals surface area contributed by atoms with Crippen molar-refractivity contribution >= 4 is 11.9 Å². The van der Waals surface area contributed by atoms with Crippen LogP contribution >= 0.6 is 0 Å². The Bertz CT molecular complexity index is 1540. The number of unbranched alkanes of at least 4 members (excludes halogenated alkanes) is 41. The molecule has 6 N–H and O–H groups in total. The van der Waals surface area contributed by atoms with Gasteiger partial charge in [-0.15, -0.1) is 0 Å². The van der Waals surface area contributed by atoms with Gasteiger partial charge in [-0.05, 0) is 83.5 Å². The van der Waals surface area contributed by atoms with E-state index in [1.165, 1.54) is 225 Å². The van der Waals surface area contributed by atoms with Gasteiger partial charge in [0.1, 0.15) is 24.4 Å². The fourth-order valence-electron chi connectivity index (χ4n) is 11.1. The van der Waals surface area contributed by atoms with Crippen molar-refractivity contribution in [3.8, 4) is 0 Å². The van der Waals surface area contributed by atoms with Crippen molar-refractivity contribution in [3.63, 3.8) is 0 Å². The SMILES string of the molecule is CCCCC/C=C\C/C=C\CCCCCCCCCCCCCC(=O)OC1C(OCC(NC(=O)C(O)CCCCCCCCCCCC/C=C/CCCCCCCC)C(O)/C=C/CCCCCCCCCCCCC)OC(CO)C(O)C1O. The first-order valence-electron chi connectivity index (χ1n) is 35.4. The molecule has 1 fully saturated rings. The number of rotatable bonds is 61. The summed E-state index contributed by atoms with van der Waals surface area (Å²) >= 11 is 0. The molecular weight excluding hydrogens is 1040 g/mol. The zero-order valence-electron chi connectivity index (χ0n) is 54.1. The Balaban J connectivity index is 2.60. The van der Waals surface area contributed by atoms with E-state index in [2.05, 4.69) is 62.5 Å². The predicted molar refractivity (Wildman–Crippen MR) is 347 cm³/mol. The number of hydrogen-bond acceptors (Lipinski definition) is 10. The highest BCUT2D eigenvalue weighted by Crippen LogP contribution is 2.26. The maximum Gasteiger partial charge on any atom is 0.306 e. The van der Waals surface area contributed by atoms with Crippen LogP contribution in [0.3, 0.4) is 0 Å². The van der Waals surface area contributed by atoms with Crippen LogP contribution in [0.4, 0.5) is 0 Å². The number of aliphatic hydroxyl groups excluding tert-OH is 5. The minimum Gasteiger partial charge on any atom is -0.454 e. The quantitative estimate of drug-likeness (QED) is 0.0195. The molecule has 8 atom stereocenters. The Morgan fingerprint density at radius 1 is 0.470 bits per heavy atom. The molecule has 0 spiro atoms. The van der Waals surface area contributed by atoms with E-state index in [0.29, 0.717) is 19.3 Å². The number of hydrogen-bond donors (Lipinski definition) is 6. The van der Waals surface area contributed by atoms with Crippen molar-refractivity contribution in [1.82, 2.24) is 5.32 Å². The number of aliphatic hydroxyl groups is 5. The van der Waals surface area contributed by atoms with Crippen LogP contribution in [0.15, 0.2) is 48.6 Å². The van der Waals surface area contributed by atoms with E-state index in [0.717, 1.165) is 64.2 Å². The van der Waals surface area contributed by atoms with Crippen molar-refractivity contribution < 1.29 is 49.3 Å². The molecule has 1 aliphatic rings.